The average molecular weight is 314 g/mol. The summed E-state index contributed by atoms with van der Waals surface area (Å²) in [4.78, 5) is 0.0913. The van der Waals surface area contributed by atoms with Gasteiger partial charge in [-0.05, 0) is 37.5 Å². The molecule has 1 aliphatic rings. The lowest BCUT2D eigenvalue weighted by molar-refractivity contribution is 0.0978. The Morgan fingerprint density at radius 2 is 2.19 bits per heavy atom. The van der Waals surface area contributed by atoms with Crippen LogP contribution >= 0.6 is 0 Å². The van der Waals surface area contributed by atoms with Crippen LogP contribution in [0.2, 0.25) is 0 Å². The zero-order chi connectivity index (χ0) is 15.6. The van der Waals surface area contributed by atoms with E-state index in [1.54, 1.807) is 13.1 Å². The SMILES string of the molecule is COc1cc(C)c(N)cc1S(=O)(=O)N(C)CC1CCCO1. The fraction of sp³-hybridized carbons (Fsp3) is 0.571. The summed E-state index contributed by atoms with van der Waals surface area (Å²) < 4.78 is 37.4. The Morgan fingerprint density at radius 1 is 1.48 bits per heavy atom. The van der Waals surface area contributed by atoms with E-state index in [1.165, 1.54) is 17.5 Å². The minimum Gasteiger partial charge on any atom is -0.495 e. The predicted molar refractivity (Wildman–Crippen MR) is 80.9 cm³/mol. The van der Waals surface area contributed by atoms with Crippen molar-refractivity contribution in [2.45, 2.75) is 30.8 Å². The molecular formula is C14H22N2O4S. The van der Waals surface area contributed by atoms with Gasteiger partial charge in [0.25, 0.3) is 0 Å². The predicted octanol–water partition coefficient (Wildman–Crippen LogP) is 1.39. The largest absolute Gasteiger partial charge is 0.495 e. The first kappa shape index (κ1) is 16.1. The van der Waals surface area contributed by atoms with Crippen molar-refractivity contribution in [3.8, 4) is 5.75 Å². The summed E-state index contributed by atoms with van der Waals surface area (Å²) in [6, 6.07) is 3.09. The van der Waals surface area contributed by atoms with Crippen molar-refractivity contribution in [3.05, 3.63) is 17.7 Å². The Hall–Kier alpha value is -1.31. The molecule has 2 rings (SSSR count). The first-order valence-electron chi connectivity index (χ1n) is 6.88. The van der Waals surface area contributed by atoms with E-state index in [0.29, 0.717) is 24.6 Å². The van der Waals surface area contributed by atoms with Crippen molar-refractivity contribution in [1.29, 1.82) is 0 Å². The van der Waals surface area contributed by atoms with Gasteiger partial charge in [0.2, 0.25) is 10.0 Å². The van der Waals surface area contributed by atoms with E-state index in [0.717, 1.165) is 18.4 Å². The molecule has 1 fully saturated rings. The standard InChI is InChI=1S/C14H22N2O4S/c1-10-7-13(19-3)14(8-12(10)15)21(17,18)16(2)9-11-5-4-6-20-11/h7-8,11H,4-6,9,15H2,1-3H3. The summed E-state index contributed by atoms with van der Waals surface area (Å²) in [6.07, 6.45) is 1.81. The van der Waals surface area contributed by atoms with Gasteiger partial charge in [0, 0.05) is 25.9 Å². The van der Waals surface area contributed by atoms with Crippen LogP contribution in [0.1, 0.15) is 18.4 Å². The number of nitrogen functional groups attached to an aromatic ring is 1. The van der Waals surface area contributed by atoms with Gasteiger partial charge in [-0.25, -0.2) is 8.42 Å². The van der Waals surface area contributed by atoms with Crippen LogP contribution in [0.15, 0.2) is 17.0 Å². The topological polar surface area (TPSA) is 81.9 Å². The lowest BCUT2D eigenvalue weighted by Crippen LogP contribution is -2.34. The summed E-state index contributed by atoms with van der Waals surface area (Å²) in [7, 11) is -0.664. The van der Waals surface area contributed by atoms with Crippen LogP contribution in [-0.4, -0.2) is 46.1 Å². The minimum absolute atomic E-state index is 0.0430. The van der Waals surface area contributed by atoms with Crippen LogP contribution in [0.5, 0.6) is 5.75 Å². The number of nitrogens with two attached hydrogens (primary N) is 1. The normalized spacial score (nSPS) is 19.1. The summed E-state index contributed by atoms with van der Waals surface area (Å²) in [5, 5.41) is 0. The quantitative estimate of drug-likeness (QED) is 0.831. The van der Waals surface area contributed by atoms with Gasteiger partial charge in [0.15, 0.2) is 0 Å². The van der Waals surface area contributed by atoms with Gasteiger partial charge in [-0.3, -0.25) is 0 Å². The summed E-state index contributed by atoms with van der Waals surface area (Å²) in [5.41, 5.74) is 7.06. The maximum absolute atomic E-state index is 12.7. The second-order valence-corrected chi connectivity index (χ2v) is 7.29. The number of hydrogen-bond acceptors (Lipinski definition) is 5. The van der Waals surface area contributed by atoms with Gasteiger partial charge in [-0.15, -0.1) is 0 Å². The van der Waals surface area contributed by atoms with E-state index >= 15 is 0 Å². The van der Waals surface area contributed by atoms with Gasteiger partial charge in [0.05, 0.1) is 13.2 Å². The molecule has 0 bridgehead atoms. The molecule has 0 saturated carbocycles. The van der Waals surface area contributed by atoms with Crippen molar-refractivity contribution >= 4 is 15.7 Å². The maximum Gasteiger partial charge on any atom is 0.246 e. The number of likely N-dealkylation sites (N-methyl/N-ethyl adjacent to an activating group) is 1. The number of aryl methyl sites for hydroxylation is 1. The fourth-order valence-corrected chi connectivity index (χ4v) is 3.75. The Morgan fingerprint density at radius 3 is 2.76 bits per heavy atom. The molecule has 2 N–H and O–H groups in total. The molecule has 0 aromatic heterocycles. The van der Waals surface area contributed by atoms with Gasteiger partial charge in [-0.2, -0.15) is 4.31 Å². The Balaban J connectivity index is 2.31. The second kappa shape index (κ2) is 6.21. The van der Waals surface area contributed by atoms with Gasteiger partial charge in [-0.1, -0.05) is 0 Å². The third-order valence-electron chi connectivity index (χ3n) is 3.73. The van der Waals surface area contributed by atoms with Crippen molar-refractivity contribution in [2.24, 2.45) is 0 Å². The maximum atomic E-state index is 12.7. The van der Waals surface area contributed by atoms with Crippen LogP contribution in [0.25, 0.3) is 0 Å². The highest BCUT2D eigenvalue weighted by Gasteiger charge is 2.29. The van der Waals surface area contributed by atoms with Crippen LogP contribution in [0, 0.1) is 6.92 Å². The minimum atomic E-state index is -3.66. The number of hydrogen-bond donors (Lipinski definition) is 1. The smallest absolute Gasteiger partial charge is 0.246 e. The van der Waals surface area contributed by atoms with Crippen molar-refractivity contribution in [3.63, 3.8) is 0 Å². The highest BCUT2D eigenvalue weighted by atomic mass is 32.2. The highest BCUT2D eigenvalue weighted by Crippen LogP contribution is 2.31. The number of nitrogens with zero attached hydrogens (tertiary/aromatic N) is 1. The lowest BCUT2D eigenvalue weighted by atomic mass is 10.2. The highest BCUT2D eigenvalue weighted by molar-refractivity contribution is 7.89. The molecule has 118 valence electrons. The average Bonchev–Trinajstić information content (AvgIpc) is 2.94. The first-order chi connectivity index (χ1) is 9.86. The number of sulfonamides is 1. The molecule has 7 heteroatoms. The number of benzene rings is 1. The summed E-state index contributed by atoms with van der Waals surface area (Å²) in [6.45, 7) is 2.84. The molecule has 6 nitrogen and oxygen atoms in total. The number of ether oxygens (including phenoxy) is 2. The Bertz CT molecular complexity index is 610. The van der Waals surface area contributed by atoms with E-state index in [1.807, 2.05) is 6.92 Å². The van der Waals surface area contributed by atoms with Crippen molar-refractivity contribution < 1.29 is 17.9 Å². The molecule has 0 aliphatic carbocycles. The van der Waals surface area contributed by atoms with Gasteiger partial charge in [0.1, 0.15) is 10.6 Å². The molecular weight excluding hydrogens is 292 g/mol. The molecule has 1 heterocycles. The molecule has 21 heavy (non-hydrogen) atoms. The Labute approximate surface area is 125 Å². The number of anilines is 1. The van der Waals surface area contributed by atoms with Crippen molar-refractivity contribution in [2.75, 3.05) is 33.0 Å². The van der Waals surface area contributed by atoms with E-state index < -0.39 is 10.0 Å². The summed E-state index contributed by atoms with van der Waals surface area (Å²) in [5.74, 6) is 0.306. The second-order valence-electron chi connectivity index (χ2n) is 5.28. The van der Waals surface area contributed by atoms with E-state index in [4.69, 9.17) is 15.2 Å². The molecule has 0 spiro atoms. The van der Waals surface area contributed by atoms with Crippen LogP contribution in [-0.2, 0) is 14.8 Å². The molecule has 1 atom stereocenters. The molecule has 0 amide bonds. The first-order valence-corrected chi connectivity index (χ1v) is 8.32. The zero-order valence-corrected chi connectivity index (χ0v) is 13.4. The van der Waals surface area contributed by atoms with Gasteiger partial charge >= 0.3 is 0 Å². The molecule has 1 aliphatic heterocycles. The molecule has 1 saturated heterocycles. The molecule has 1 unspecified atom stereocenters. The number of rotatable bonds is 5. The lowest BCUT2D eigenvalue weighted by Gasteiger charge is -2.22. The summed E-state index contributed by atoms with van der Waals surface area (Å²) >= 11 is 0. The molecule has 0 radical (unpaired) electrons. The van der Waals surface area contributed by atoms with Gasteiger partial charge < -0.3 is 15.2 Å². The molecule has 1 aromatic carbocycles. The Kier molecular flexibility index (Phi) is 4.75. The van der Waals surface area contributed by atoms with E-state index in [-0.39, 0.29) is 11.0 Å². The monoisotopic (exact) mass is 314 g/mol. The third kappa shape index (κ3) is 3.30. The van der Waals surface area contributed by atoms with E-state index in [9.17, 15) is 8.42 Å². The van der Waals surface area contributed by atoms with Crippen molar-refractivity contribution in [1.82, 2.24) is 4.31 Å². The molecule has 1 aromatic rings. The van der Waals surface area contributed by atoms with E-state index in [2.05, 4.69) is 0 Å². The van der Waals surface area contributed by atoms with Crippen LogP contribution < -0.4 is 10.5 Å². The van der Waals surface area contributed by atoms with Crippen LogP contribution in [0.3, 0.4) is 0 Å². The zero-order valence-electron chi connectivity index (χ0n) is 12.6. The third-order valence-corrected chi connectivity index (χ3v) is 5.57. The number of methoxy groups -OCH3 is 1. The fourth-order valence-electron chi connectivity index (χ4n) is 2.38. The van der Waals surface area contributed by atoms with Crippen LogP contribution in [0.4, 0.5) is 5.69 Å².